The quantitative estimate of drug-likeness (QED) is 0.302. The van der Waals surface area contributed by atoms with Gasteiger partial charge in [-0.15, -0.1) is 0 Å². The highest BCUT2D eigenvalue weighted by atomic mass is 32.2. The van der Waals surface area contributed by atoms with Crippen molar-refractivity contribution in [3.63, 3.8) is 0 Å². The van der Waals surface area contributed by atoms with E-state index in [9.17, 15) is 23.4 Å². The van der Waals surface area contributed by atoms with Gasteiger partial charge in [0, 0.05) is 30.3 Å². The lowest BCUT2D eigenvalue weighted by atomic mass is 10.00. The van der Waals surface area contributed by atoms with Crippen molar-refractivity contribution in [2.24, 2.45) is 5.92 Å². The molecule has 2 aromatic carbocycles. The van der Waals surface area contributed by atoms with E-state index in [1.807, 2.05) is 52.8 Å². The number of aliphatic hydroxyl groups is 2. The van der Waals surface area contributed by atoms with Crippen LogP contribution in [0.15, 0.2) is 53.4 Å². The summed E-state index contributed by atoms with van der Waals surface area (Å²) in [6.45, 7) is 10.0. The molecule has 0 radical (unpaired) electrons. The van der Waals surface area contributed by atoms with Crippen LogP contribution in [0.1, 0.15) is 61.5 Å². The van der Waals surface area contributed by atoms with E-state index < -0.39 is 34.7 Å². The summed E-state index contributed by atoms with van der Waals surface area (Å²) in [5, 5.41) is 23.5. The molecule has 1 aromatic heterocycles. The van der Waals surface area contributed by atoms with Gasteiger partial charge in [-0.3, -0.25) is 9.80 Å². The SMILES string of the molecule is CCCCN(C[C@H](O)CO)N1C(=O)c2cccc(c2)S(=O)(=O)Nc2nc(cc(-c3c(C)cccc3C)n2)OC[C@H]1CC(C)C. The molecule has 11 nitrogen and oxygen atoms in total. The highest BCUT2D eigenvalue weighted by Gasteiger charge is 2.33. The summed E-state index contributed by atoms with van der Waals surface area (Å²) in [4.78, 5) is 23.2. The number of nitrogens with zero attached hydrogens (tertiary/aromatic N) is 4. The van der Waals surface area contributed by atoms with Gasteiger partial charge in [-0.05, 0) is 61.9 Å². The Morgan fingerprint density at radius 1 is 1.11 bits per heavy atom. The first kappa shape index (κ1) is 33.3. The van der Waals surface area contributed by atoms with E-state index in [-0.39, 0.29) is 41.4 Å². The van der Waals surface area contributed by atoms with Gasteiger partial charge in [-0.1, -0.05) is 51.5 Å². The number of fused-ring (bicyclic) bond motifs is 4. The number of sulfonamides is 1. The van der Waals surface area contributed by atoms with Crippen LogP contribution in [0, 0.1) is 19.8 Å². The van der Waals surface area contributed by atoms with Crippen LogP contribution in [-0.2, 0) is 10.0 Å². The lowest BCUT2D eigenvalue weighted by Crippen LogP contribution is -2.57. The Morgan fingerprint density at radius 2 is 1.82 bits per heavy atom. The van der Waals surface area contributed by atoms with Crippen LogP contribution < -0.4 is 9.46 Å². The number of carbonyl (C=O) groups excluding carboxylic acids is 1. The number of nitrogens with one attached hydrogen (secondary N) is 1. The maximum atomic E-state index is 14.3. The second-order valence-electron chi connectivity index (χ2n) is 11.7. The summed E-state index contributed by atoms with van der Waals surface area (Å²) in [7, 11) is -4.20. The number of unbranched alkanes of at least 4 members (excludes halogenated alkanes) is 1. The van der Waals surface area contributed by atoms with E-state index in [0.717, 1.165) is 29.5 Å². The minimum Gasteiger partial charge on any atom is -0.475 e. The van der Waals surface area contributed by atoms with Gasteiger partial charge in [0.05, 0.1) is 29.3 Å². The topological polar surface area (TPSA) is 145 Å². The Labute approximate surface area is 259 Å². The van der Waals surface area contributed by atoms with Crippen molar-refractivity contribution in [2.75, 3.05) is 31.0 Å². The molecule has 1 aliphatic heterocycles. The zero-order chi connectivity index (χ0) is 32.0. The highest BCUT2D eigenvalue weighted by Crippen LogP contribution is 2.30. The molecule has 0 spiro atoms. The van der Waals surface area contributed by atoms with Gasteiger partial charge in [0.25, 0.3) is 15.9 Å². The molecule has 12 heteroatoms. The molecular formula is C32H43N5O6S. The molecule has 0 unspecified atom stereocenters. The number of benzene rings is 2. The lowest BCUT2D eigenvalue weighted by Gasteiger charge is -2.41. The number of rotatable bonds is 10. The van der Waals surface area contributed by atoms with Crippen LogP contribution >= 0.6 is 0 Å². The molecule has 44 heavy (non-hydrogen) atoms. The van der Waals surface area contributed by atoms with Crippen LogP contribution in [0.5, 0.6) is 5.88 Å². The number of ether oxygens (including phenoxy) is 1. The van der Waals surface area contributed by atoms with E-state index >= 15 is 0 Å². The van der Waals surface area contributed by atoms with Gasteiger partial charge in [-0.25, -0.2) is 23.1 Å². The maximum absolute atomic E-state index is 14.3. The largest absolute Gasteiger partial charge is 0.475 e. The molecule has 0 saturated heterocycles. The van der Waals surface area contributed by atoms with Crippen molar-refractivity contribution >= 4 is 21.9 Å². The zero-order valence-corrected chi connectivity index (χ0v) is 26.8. The second kappa shape index (κ2) is 14.5. The molecule has 4 bridgehead atoms. The fourth-order valence-electron chi connectivity index (χ4n) is 5.42. The molecule has 4 rings (SSSR count). The summed E-state index contributed by atoms with van der Waals surface area (Å²) in [5.41, 5.74) is 3.40. The number of aromatic nitrogens is 2. The first-order chi connectivity index (χ1) is 20.9. The Morgan fingerprint density at radius 3 is 2.48 bits per heavy atom. The molecule has 0 aliphatic carbocycles. The zero-order valence-electron chi connectivity index (χ0n) is 26.0. The smallest absolute Gasteiger partial charge is 0.268 e. The van der Waals surface area contributed by atoms with Crippen LogP contribution in [0.25, 0.3) is 11.3 Å². The van der Waals surface area contributed by atoms with E-state index in [2.05, 4.69) is 14.7 Å². The van der Waals surface area contributed by atoms with Crippen LogP contribution in [0.4, 0.5) is 5.95 Å². The van der Waals surface area contributed by atoms with Gasteiger partial charge in [-0.2, -0.15) is 4.98 Å². The predicted molar refractivity (Wildman–Crippen MR) is 169 cm³/mol. The molecule has 1 aliphatic rings. The van der Waals surface area contributed by atoms with Crippen molar-refractivity contribution in [3.8, 4) is 17.1 Å². The summed E-state index contributed by atoms with van der Waals surface area (Å²) in [6, 6.07) is 12.8. The van der Waals surface area contributed by atoms with Gasteiger partial charge in [0.1, 0.15) is 6.61 Å². The fraction of sp³-hybridized carbons (Fsp3) is 0.469. The third kappa shape index (κ3) is 7.92. The molecular weight excluding hydrogens is 582 g/mol. The van der Waals surface area contributed by atoms with E-state index in [1.54, 1.807) is 22.2 Å². The van der Waals surface area contributed by atoms with Gasteiger partial charge in [0.15, 0.2) is 0 Å². The predicted octanol–water partition coefficient (Wildman–Crippen LogP) is 4.18. The number of hydrazine groups is 1. The third-order valence-electron chi connectivity index (χ3n) is 7.48. The summed E-state index contributed by atoms with van der Waals surface area (Å²) >= 11 is 0. The summed E-state index contributed by atoms with van der Waals surface area (Å²) in [6.07, 6.45) is 1.01. The molecule has 2 heterocycles. The van der Waals surface area contributed by atoms with Gasteiger partial charge >= 0.3 is 0 Å². The van der Waals surface area contributed by atoms with Crippen LogP contribution in [0.3, 0.4) is 0 Å². The van der Waals surface area contributed by atoms with Crippen molar-refractivity contribution in [1.29, 1.82) is 0 Å². The molecule has 238 valence electrons. The summed E-state index contributed by atoms with van der Waals surface area (Å²) in [5.74, 6) is -0.280. The van der Waals surface area contributed by atoms with Gasteiger partial charge in [0.2, 0.25) is 11.8 Å². The lowest BCUT2D eigenvalue weighted by molar-refractivity contribution is -0.0766. The Bertz CT molecular complexity index is 1540. The van der Waals surface area contributed by atoms with E-state index in [0.29, 0.717) is 18.7 Å². The second-order valence-corrected chi connectivity index (χ2v) is 13.3. The first-order valence-corrected chi connectivity index (χ1v) is 16.5. The number of carbonyl (C=O) groups is 1. The molecule has 3 aromatic rings. The highest BCUT2D eigenvalue weighted by molar-refractivity contribution is 7.92. The molecule has 0 fully saturated rings. The summed E-state index contributed by atoms with van der Waals surface area (Å²) < 4.78 is 35.9. The van der Waals surface area contributed by atoms with E-state index in [4.69, 9.17) is 4.74 Å². The molecule has 2 atom stereocenters. The number of hydrogen-bond donors (Lipinski definition) is 3. The van der Waals surface area contributed by atoms with Crippen molar-refractivity contribution in [3.05, 3.63) is 65.2 Å². The van der Waals surface area contributed by atoms with Crippen molar-refractivity contribution in [1.82, 2.24) is 20.0 Å². The Hall–Kier alpha value is -3.58. The third-order valence-corrected chi connectivity index (χ3v) is 8.81. The first-order valence-electron chi connectivity index (χ1n) is 15.0. The monoisotopic (exact) mass is 625 g/mol. The van der Waals surface area contributed by atoms with Crippen molar-refractivity contribution < 1.29 is 28.2 Å². The number of amides is 1. The fourth-order valence-corrected chi connectivity index (χ4v) is 6.41. The number of aliphatic hydroxyl groups excluding tert-OH is 2. The van der Waals surface area contributed by atoms with Crippen LogP contribution in [-0.4, -0.2) is 83.0 Å². The van der Waals surface area contributed by atoms with Crippen molar-refractivity contribution in [2.45, 2.75) is 70.9 Å². The van der Waals surface area contributed by atoms with E-state index in [1.165, 1.54) is 18.2 Å². The number of hydrogen-bond acceptors (Lipinski definition) is 9. The number of anilines is 1. The average Bonchev–Trinajstić information content (AvgIpc) is 2.97. The van der Waals surface area contributed by atoms with Gasteiger partial charge < -0.3 is 14.9 Å². The normalized spacial score (nSPS) is 17.3. The average molecular weight is 626 g/mol. The maximum Gasteiger partial charge on any atom is 0.268 e. The molecule has 1 amide bonds. The molecule has 0 saturated carbocycles. The minimum atomic E-state index is -4.20. The standard InChI is InChI=1S/C32H43N5O6S/c1-6-7-14-36(18-26(39)19-38)37-25(15-21(2)3)20-43-29-17-28(30-22(4)10-8-11-23(30)5)33-32(34-29)35-44(41,42)27-13-9-12-24(16-27)31(37)40/h8-13,16-17,21,25-26,38-39H,6-7,14-15,18-20H2,1-5H3,(H,33,34,35)/t25-,26+/m1/s1. The Balaban J connectivity index is 1.92. The minimum absolute atomic E-state index is 0.00471. The number of aryl methyl sites for hydroxylation is 2. The molecule has 3 N–H and O–H groups in total. The van der Waals surface area contributed by atoms with Crippen LogP contribution in [0.2, 0.25) is 0 Å². The Kier molecular flexibility index (Phi) is 11.0.